The maximum atomic E-state index is 5.98. The molecule has 0 saturated heterocycles. The van der Waals surface area contributed by atoms with Crippen LogP contribution in [0.5, 0.6) is 0 Å². The molecule has 1 heterocycles. The normalized spacial score (nSPS) is 22.7. The van der Waals surface area contributed by atoms with Crippen molar-refractivity contribution >= 4 is 11.6 Å². The summed E-state index contributed by atoms with van der Waals surface area (Å²) in [7, 11) is 0. The Labute approximate surface area is 65.0 Å². The van der Waals surface area contributed by atoms with Gasteiger partial charge in [0.25, 0.3) is 0 Å². The summed E-state index contributed by atoms with van der Waals surface area (Å²) in [5.74, 6) is 0. The molecule has 10 heavy (non-hydrogen) atoms. The molecule has 52 valence electrons. The van der Waals surface area contributed by atoms with Gasteiger partial charge in [-0.3, -0.25) is 4.98 Å². The third kappa shape index (κ3) is 0.816. The molecule has 1 aromatic heterocycles. The van der Waals surface area contributed by atoms with E-state index in [1.807, 2.05) is 6.07 Å². The van der Waals surface area contributed by atoms with E-state index in [1.165, 1.54) is 5.56 Å². The molecule has 0 N–H and O–H groups in total. The van der Waals surface area contributed by atoms with Crippen molar-refractivity contribution in [1.82, 2.24) is 4.98 Å². The quantitative estimate of drug-likeness (QED) is 0.522. The Morgan fingerprint density at radius 3 is 3.30 bits per heavy atom. The van der Waals surface area contributed by atoms with Gasteiger partial charge in [0.1, 0.15) is 0 Å². The number of rotatable bonds is 0. The van der Waals surface area contributed by atoms with Crippen molar-refractivity contribution < 1.29 is 0 Å². The molecule has 0 aromatic carbocycles. The summed E-state index contributed by atoms with van der Waals surface area (Å²) < 4.78 is 0. The average molecular weight is 154 g/mol. The number of fused-ring (bicyclic) bond motifs is 1. The smallest absolute Gasteiger partial charge is 0.0763 e. The molecule has 2 heteroatoms. The molecule has 2 rings (SSSR count). The highest BCUT2D eigenvalue weighted by Gasteiger charge is 2.20. The maximum Gasteiger partial charge on any atom is 0.0763 e. The fourth-order valence-corrected chi connectivity index (χ4v) is 1.67. The van der Waals surface area contributed by atoms with Crippen LogP contribution in [0.25, 0.3) is 0 Å². The molecule has 1 aromatic rings. The van der Waals surface area contributed by atoms with Gasteiger partial charge in [0.2, 0.25) is 0 Å². The van der Waals surface area contributed by atoms with Gasteiger partial charge >= 0.3 is 0 Å². The minimum Gasteiger partial charge on any atom is -0.259 e. The number of aryl methyl sites for hydroxylation is 1. The van der Waals surface area contributed by atoms with E-state index in [0.29, 0.717) is 0 Å². The van der Waals surface area contributed by atoms with Crippen molar-refractivity contribution in [2.45, 2.75) is 18.2 Å². The van der Waals surface area contributed by atoms with Crippen LogP contribution in [0.1, 0.15) is 23.1 Å². The largest absolute Gasteiger partial charge is 0.259 e. The van der Waals surface area contributed by atoms with Gasteiger partial charge in [0, 0.05) is 6.20 Å². The molecule has 0 aliphatic heterocycles. The van der Waals surface area contributed by atoms with Crippen LogP contribution in [0.15, 0.2) is 18.3 Å². The second kappa shape index (κ2) is 2.24. The first-order chi connectivity index (χ1) is 4.88. The lowest BCUT2D eigenvalue weighted by atomic mass is 10.2. The van der Waals surface area contributed by atoms with Crippen LogP contribution >= 0.6 is 11.6 Å². The van der Waals surface area contributed by atoms with Gasteiger partial charge < -0.3 is 0 Å². The number of hydrogen-bond acceptors (Lipinski definition) is 1. The van der Waals surface area contributed by atoms with Gasteiger partial charge in [-0.25, -0.2) is 0 Å². The molecule has 0 spiro atoms. The zero-order valence-electron chi connectivity index (χ0n) is 5.55. The minimum atomic E-state index is 0.163. The predicted molar refractivity (Wildman–Crippen MR) is 41.2 cm³/mol. The lowest BCUT2D eigenvalue weighted by molar-refractivity contribution is 0.867. The number of hydrogen-bond donors (Lipinski definition) is 0. The van der Waals surface area contributed by atoms with Crippen molar-refractivity contribution in [2.75, 3.05) is 0 Å². The lowest BCUT2D eigenvalue weighted by Crippen LogP contribution is -1.86. The Hall–Kier alpha value is -0.560. The number of aromatic nitrogens is 1. The topological polar surface area (TPSA) is 12.9 Å². The molecule has 0 bridgehead atoms. The molecule has 0 fully saturated rings. The predicted octanol–water partition coefficient (Wildman–Crippen LogP) is 2.31. The van der Waals surface area contributed by atoms with Crippen LogP contribution in [-0.2, 0) is 6.42 Å². The molecule has 1 aliphatic carbocycles. The zero-order chi connectivity index (χ0) is 6.97. The van der Waals surface area contributed by atoms with Gasteiger partial charge in [0.15, 0.2) is 0 Å². The summed E-state index contributed by atoms with van der Waals surface area (Å²) in [6, 6.07) is 4.07. The van der Waals surface area contributed by atoms with Crippen LogP contribution in [0.4, 0.5) is 0 Å². The van der Waals surface area contributed by atoms with Crippen LogP contribution in [0.2, 0.25) is 0 Å². The highest BCUT2D eigenvalue weighted by atomic mass is 35.5. The van der Waals surface area contributed by atoms with Crippen LogP contribution in [-0.4, -0.2) is 4.98 Å². The van der Waals surface area contributed by atoms with E-state index in [-0.39, 0.29) is 5.38 Å². The molecule has 1 atom stereocenters. The zero-order valence-corrected chi connectivity index (χ0v) is 6.30. The fourth-order valence-electron chi connectivity index (χ4n) is 1.36. The number of pyridine rings is 1. The first kappa shape index (κ1) is 6.17. The highest BCUT2D eigenvalue weighted by Crippen LogP contribution is 2.33. The molecule has 1 unspecified atom stereocenters. The summed E-state index contributed by atoms with van der Waals surface area (Å²) in [5, 5.41) is 0.163. The van der Waals surface area contributed by atoms with Gasteiger partial charge in [-0.05, 0) is 24.5 Å². The average Bonchev–Trinajstić information content (AvgIpc) is 2.34. The standard InChI is InChI=1S/C8H8ClN/c9-7-4-3-6-2-1-5-10-8(6)7/h1-2,5,7H,3-4H2. The minimum absolute atomic E-state index is 0.163. The van der Waals surface area contributed by atoms with Crippen molar-refractivity contribution in [2.24, 2.45) is 0 Å². The summed E-state index contributed by atoms with van der Waals surface area (Å²) in [4.78, 5) is 4.21. The van der Waals surface area contributed by atoms with Crippen LogP contribution < -0.4 is 0 Å². The maximum absolute atomic E-state index is 5.98. The van der Waals surface area contributed by atoms with Gasteiger partial charge in [0.05, 0.1) is 11.1 Å². The summed E-state index contributed by atoms with van der Waals surface area (Å²) in [6.45, 7) is 0. The van der Waals surface area contributed by atoms with Crippen molar-refractivity contribution in [3.05, 3.63) is 29.6 Å². The second-order valence-electron chi connectivity index (χ2n) is 2.55. The molecule has 1 aliphatic rings. The summed E-state index contributed by atoms with van der Waals surface area (Å²) in [6.07, 6.45) is 3.95. The second-order valence-corrected chi connectivity index (χ2v) is 3.08. The van der Waals surface area contributed by atoms with Crippen molar-refractivity contribution in [3.8, 4) is 0 Å². The number of alkyl halides is 1. The van der Waals surface area contributed by atoms with E-state index in [4.69, 9.17) is 11.6 Å². The van der Waals surface area contributed by atoms with E-state index in [1.54, 1.807) is 6.20 Å². The lowest BCUT2D eigenvalue weighted by Gasteiger charge is -1.97. The van der Waals surface area contributed by atoms with Crippen LogP contribution in [0.3, 0.4) is 0 Å². The Kier molecular flexibility index (Phi) is 1.38. The third-order valence-corrected chi connectivity index (χ3v) is 2.31. The monoisotopic (exact) mass is 153 g/mol. The summed E-state index contributed by atoms with van der Waals surface area (Å²) >= 11 is 5.98. The Bertz CT molecular complexity index is 247. The summed E-state index contributed by atoms with van der Waals surface area (Å²) in [5.41, 5.74) is 2.41. The van der Waals surface area contributed by atoms with Gasteiger partial charge in [-0.2, -0.15) is 0 Å². The highest BCUT2D eigenvalue weighted by molar-refractivity contribution is 6.21. The fraction of sp³-hybridized carbons (Fsp3) is 0.375. The Balaban J connectivity index is 2.51. The van der Waals surface area contributed by atoms with Gasteiger partial charge in [-0.15, -0.1) is 11.6 Å². The van der Waals surface area contributed by atoms with E-state index in [0.717, 1.165) is 18.5 Å². The first-order valence-electron chi connectivity index (χ1n) is 3.46. The van der Waals surface area contributed by atoms with E-state index < -0.39 is 0 Å². The van der Waals surface area contributed by atoms with E-state index in [9.17, 15) is 0 Å². The van der Waals surface area contributed by atoms with Crippen LogP contribution in [0, 0.1) is 0 Å². The first-order valence-corrected chi connectivity index (χ1v) is 3.89. The molecule has 0 radical (unpaired) electrons. The SMILES string of the molecule is ClC1CCc2cccnc21. The Morgan fingerprint density at radius 1 is 1.60 bits per heavy atom. The van der Waals surface area contributed by atoms with Crippen molar-refractivity contribution in [1.29, 1.82) is 0 Å². The van der Waals surface area contributed by atoms with E-state index >= 15 is 0 Å². The molecule has 0 saturated carbocycles. The number of nitrogens with zero attached hydrogens (tertiary/aromatic N) is 1. The van der Waals surface area contributed by atoms with Gasteiger partial charge in [-0.1, -0.05) is 6.07 Å². The Morgan fingerprint density at radius 2 is 2.50 bits per heavy atom. The molecule has 1 nitrogen and oxygen atoms in total. The molecule has 0 amide bonds. The molecular formula is C8H8ClN. The van der Waals surface area contributed by atoms with E-state index in [2.05, 4.69) is 11.1 Å². The number of halogens is 1. The third-order valence-electron chi connectivity index (χ3n) is 1.89. The molecular weight excluding hydrogens is 146 g/mol. The van der Waals surface area contributed by atoms with Crippen molar-refractivity contribution in [3.63, 3.8) is 0 Å².